The van der Waals surface area contributed by atoms with E-state index in [1.807, 2.05) is 4.90 Å². The predicted molar refractivity (Wildman–Crippen MR) is 77.3 cm³/mol. The van der Waals surface area contributed by atoms with Gasteiger partial charge in [-0.1, -0.05) is 12.8 Å². The van der Waals surface area contributed by atoms with E-state index in [1.54, 1.807) is 13.0 Å². The van der Waals surface area contributed by atoms with Gasteiger partial charge in [-0.25, -0.2) is 4.79 Å². The number of ether oxygens (including phenoxy) is 1. The van der Waals surface area contributed by atoms with Gasteiger partial charge in [0.15, 0.2) is 0 Å². The molecule has 2 aliphatic rings. The molecule has 2 heterocycles. The molecular formula is C16H21NO4. The van der Waals surface area contributed by atoms with Gasteiger partial charge >= 0.3 is 5.63 Å². The molecule has 0 aromatic carbocycles. The second-order valence-corrected chi connectivity index (χ2v) is 6.02. The Morgan fingerprint density at radius 2 is 2.05 bits per heavy atom. The van der Waals surface area contributed by atoms with Gasteiger partial charge in [0.2, 0.25) is 5.91 Å². The molecule has 0 N–H and O–H groups in total. The van der Waals surface area contributed by atoms with Crippen LogP contribution in [-0.4, -0.2) is 30.0 Å². The van der Waals surface area contributed by atoms with Crippen LogP contribution in [0.3, 0.4) is 0 Å². The third-order valence-corrected chi connectivity index (χ3v) is 4.33. The molecule has 1 aromatic rings. The Balaban J connectivity index is 1.59. The van der Waals surface area contributed by atoms with Gasteiger partial charge in [0, 0.05) is 24.9 Å². The van der Waals surface area contributed by atoms with E-state index in [-0.39, 0.29) is 17.9 Å². The lowest BCUT2D eigenvalue weighted by molar-refractivity contribution is -0.134. The Labute approximate surface area is 123 Å². The first-order valence-corrected chi connectivity index (χ1v) is 7.69. The van der Waals surface area contributed by atoms with Gasteiger partial charge in [-0.3, -0.25) is 4.79 Å². The van der Waals surface area contributed by atoms with Crippen molar-refractivity contribution in [3.8, 4) is 5.75 Å². The van der Waals surface area contributed by atoms with E-state index in [9.17, 15) is 9.59 Å². The van der Waals surface area contributed by atoms with Crippen molar-refractivity contribution in [3.05, 3.63) is 28.3 Å². The lowest BCUT2D eigenvalue weighted by atomic mass is 10.1. The smallest absolute Gasteiger partial charge is 0.339 e. The van der Waals surface area contributed by atoms with E-state index in [0.29, 0.717) is 18.1 Å². The second-order valence-electron chi connectivity index (χ2n) is 6.02. The van der Waals surface area contributed by atoms with E-state index in [4.69, 9.17) is 9.15 Å². The molecule has 1 saturated carbocycles. The average molecular weight is 291 g/mol. The number of likely N-dealkylation sites (tertiary alicyclic amines) is 1. The van der Waals surface area contributed by atoms with E-state index in [2.05, 4.69) is 0 Å². The molecule has 0 radical (unpaired) electrons. The third-order valence-electron chi connectivity index (χ3n) is 4.33. The van der Waals surface area contributed by atoms with E-state index in [0.717, 1.165) is 25.8 Å². The highest BCUT2D eigenvalue weighted by Crippen LogP contribution is 2.28. The van der Waals surface area contributed by atoms with Gasteiger partial charge in [-0.2, -0.15) is 0 Å². The van der Waals surface area contributed by atoms with Crippen LogP contribution in [0.15, 0.2) is 21.3 Å². The monoisotopic (exact) mass is 291 g/mol. The van der Waals surface area contributed by atoms with Crippen molar-refractivity contribution < 1.29 is 13.9 Å². The Morgan fingerprint density at radius 1 is 1.29 bits per heavy atom. The molecule has 3 rings (SSSR count). The Morgan fingerprint density at radius 3 is 2.76 bits per heavy atom. The largest absolute Gasteiger partial charge is 0.488 e. The van der Waals surface area contributed by atoms with Gasteiger partial charge in [-0.05, 0) is 19.8 Å². The van der Waals surface area contributed by atoms with Crippen LogP contribution in [0.2, 0.25) is 0 Å². The molecule has 1 amide bonds. The summed E-state index contributed by atoms with van der Waals surface area (Å²) < 4.78 is 10.7. The van der Waals surface area contributed by atoms with Crippen LogP contribution in [0.25, 0.3) is 0 Å². The molecule has 1 atom stereocenters. The molecule has 0 unspecified atom stereocenters. The van der Waals surface area contributed by atoms with Crippen molar-refractivity contribution >= 4 is 5.91 Å². The minimum Gasteiger partial charge on any atom is -0.488 e. The normalized spacial score (nSPS) is 22.7. The zero-order valence-electron chi connectivity index (χ0n) is 12.3. The highest BCUT2D eigenvalue weighted by molar-refractivity contribution is 5.79. The summed E-state index contributed by atoms with van der Waals surface area (Å²) in [6.07, 6.45) is 5.18. The first-order valence-electron chi connectivity index (χ1n) is 7.69. The number of carbonyl (C=O) groups is 1. The standard InChI is InChI=1S/C16H21NO4/c1-11-8-14(9-15(18)20-11)21-13-6-7-17(10-13)16(19)12-4-2-3-5-12/h8-9,12-13H,2-7,10H2,1H3/t13-/m0/s1. The second kappa shape index (κ2) is 5.92. The number of amides is 1. The Bertz CT molecular complexity index is 574. The lowest BCUT2D eigenvalue weighted by Crippen LogP contribution is -2.34. The minimum atomic E-state index is -0.401. The predicted octanol–water partition coefficient (Wildman–Crippen LogP) is 2.12. The van der Waals surface area contributed by atoms with Gasteiger partial charge in [0.1, 0.15) is 17.6 Å². The molecule has 0 spiro atoms. The van der Waals surface area contributed by atoms with Crippen molar-refractivity contribution in [2.24, 2.45) is 5.92 Å². The van der Waals surface area contributed by atoms with E-state index in [1.165, 1.54) is 18.9 Å². The minimum absolute atomic E-state index is 0.0310. The number of rotatable bonds is 3. The van der Waals surface area contributed by atoms with Crippen molar-refractivity contribution in [3.63, 3.8) is 0 Å². The molecule has 114 valence electrons. The summed E-state index contributed by atoms with van der Waals surface area (Å²) in [4.78, 5) is 25.6. The van der Waals surface area contributed by atoms with Gasteiger partial charge < -0.3 is 14.1 Å². The molecule has 1 aromatic heterocycles. The van der Waals surface area contributed by atoms with E-state index >= 15 is 0 Å². The lowest BCUT2D eigenvalue weighted by Gasteiger charge is -2.20. The average Bonchev–Trinajstić information content (AvgIpc) is 3.07. The van der Waals surface area contributed by atoms with Crippen LogP contribution in [0.5, 0.6) is 5.75 Å². The fourth-order valence-electron chi connectivity index (χ4n) is 3.29. The zero-order valence-corrected chi connectivity index (χ0v) is 12.3. The molecular weight excluding hydrogens is 270 g/mol. The zero-order chi connectivity index (χ0) is 14.8. The maximum Gasteiger partial charge on any atom is 0.339 e. The van der Waals surface area contributed by atoms with Gasteiger partial charge in [-0.15, -0.1) is 0 Å². The van der Waals surface area contributed by atoms with Crippen molar-refractivity contribution in [2.45, 2.75) is 45.1 Å². The van der Waals surface area contributed by atoms with Gasteiger partial charge in [0.05, 0.1) is 12.6 Å². The van der Waals surface area contributed by atoms with Crippen LogP contribution in [0.1, 0.15) is 37.9 Å². The SMILES string of the molecule is Cc1cc(O[C@H]2CCN(C(=O)C3CCCC3)C2)cc(=O)o1. The Kier molecular flexibility index (Phi) is 3.99. The van der Waals surface area contributed by atoms with Crippen LogP contribution >= 0.6 is 0 Å². The summed E-state index contributed by atoms with van der Waals surface area (Å²) in [5.74, 6) is 1.57. The van der Waals surface area contributed by atoms with Crippen molar-refractivity contribution in [2.75, 3.05) is 13.1 Å². The van der Waals surface area contributed by atoms with Crippen LogP contribution in [-0.2, 0) is 4.79 Å². The molecule has 1 aliphatic carbocycles. The number of nitrogens with zero attached hydrogens (tertiary/aromatic N) is 1. The molecule has 1 saturated heterocycles. The quantitative estimate of drug-likeness (QED) is 0.856. The Hall–Kier alpha value is -1.78. The molecule has 1 aliphatic heterocycles. The topological polar surface area (TPSA) is 59.8 Å². The van der Waals surface area contributed by atoms with Crippen molar-refractivity contribution in [1.82, 2.24) is 4.90 Å². The van der Waals surface area contributed by atoms with Crippen LogP contribution < -0.4 is 10.4 Å². The number of carbonyl (C=O) groups excluding carboxylic acids is 1. The first kappa shape index (κ1) is 14.2. The summed E-state index contributed by atoms with van der Waals surface area (Å²) in [6, 6.07) is 3.07. The van der Waals surface area contributed by atoms with Crippen molar-refractivity contribution in [1.29, 1.82) is 0 Å². The highest BCUT2D eigenvalue weighted by Gasteiger charge is 2.33. The fraction of sp³-hybridized carbons (Fsp3) is 0.625. The van der Waals surface area contributed by atoms with E-state index < -0.39 is 5.63 Å². The molecule has 21 heavy (non-hydrogen) atoms. The third kappa shape index (κ3) is 3.28. The summed E-state index contributed by atoms with van der Waals surface area (Å²) in [5.41, 5.74) is -0.401. The molecule has 0 bridgehead atoms. The fourth-order valence-corrected chi connectivity index (χ4v) is 3.29. The summed E-state index contributed by atoms with van der Waals surface area (Å²) in [7, 11) is 0. The summed E-state index contributed by atoms with van der Waals surface area (Å²) in [5, 5.41) is 0. The molecule has 2 fully saturated rings. The van der Waals surface area contributed by atoms with Gasteiger partial charge in [0.25, 0.3) is 0 Å². The molecule has 5 heteroatoms. The highest BCUT2D eigenvalue weighted by atomic mass is 16.5. The van der Waals surface area contributed by atoms with Crippen LogP contribution in [0, 0.1) is 12.8 Å². The summed E-state index contributed by atoms with van der Waals surface area (Å²) >= 11 is 0. The number of aryl methyl sites for hydroxylation is 1. The first-order chi connectivity index (χ1) is 10.1. The van der Waals surface area contributed by atoms with Crippen LogP contribution in [0.4, 0.5) is 0 Å². The maximum absolute atomic E-state index is 12.4. The molecule has 5 nitrogen and oxygen atoms in total. The summed E-state index contributed by atoms with van der Waals surface area (Å²) in [6.45, 7) is 3.09. The maximum atomic E-state index is 12.4. The number of hydrogen-bond donors (Lipinski definition) is 0. The number of hydrogen-bond acceptors (Lipinski definition) is 4.